The molecule has 0 radical (unpaired) electrons. The van der Waals surface area contributed by atoms with Gasteiger partial charge in [0, 0.05) is 35.1 Å². The van der Waals surface area contributed by atoms with Gasteiger partial charge in [-0.05, 0) is 93.9 Å². The van der Waals surface area contributed by atoms with Crippen molar-refractivity contribution in [1.82, 2.24) is 9.80 Å². The molecule has 0 aliphatic carbocycles. The van der Waals surface area contributed by atoms with Crippen molar-refractivity contribution < 1.29 is 0 Å². The highest BCUT2D eigenvalue weighted by Gasteiger charge is 2.32. The molecule has 2 heterocycles. The molecule has 1 aromatic rings. The first-order chi connectivity index (χ1) is 17.4. The number of hydrogen-bond acceptors (Lipinski definition) is 4. The lowest BCUT2D eigenvalue weighted by Gasteiger charge is -2.38. The van der Waals surface area contributed by atoms with Gasteiger partial charge in [-0.3, -0.25) is 9.89 Å². The van der Waals surface area contributed by atoms with Crippen LogP contribution in [0.1, 0.15) is 85.5 Å². The van der Waals surface area contributed by atoms with Crippen molar-refractivity contribution >= 4 is 51.5 Å². The summed E-state index contributed by atoms with van der Waals surface area (Å²) in [5, 5.41) is 5.86. The quantitative estimate of drug-likeness (QED) is 0.209. The molecular formula is C29H47ClN4S2. The van der Waals surface area contributed by atoms with Crippen LogP contribution in [0.25, 0.3) is 0 Å². The third-order valence-electron chi connectivity index (χ3n) is 7.94. The van der Waals surface area contributed by atoms with E-state index in [1.54, 1.807) is 0 Å². The molecule has 2 saturated heterocycles. The first-order valence-electron chi connectivity index (χ1n) is 14.2. The lowest BCUT2D eigenvalue weighted by atomic mass is 9.86. The van der Waals surface area contributed by atoms with Gasteiger partial charge in [0.15, 0.2) is 10.3 Å². The standard InChI is InChI=1S/C29H47ClN4S2/c1-5-26(33-18-15-23(16-19-33)22(3)4)14-9-7-8-10-17-31-29-34(27(6-2)21-36-29)28(35)32-25-13-11-12-24(30)20-25/h11-13,20,22-23,26-27H,5-10,14-19,21H2,1-4H3,(H,32,35). The Kier molecular flexibility index (Phi) is 12.8. The Morgan fingerprint density at radius 1 is 1.17 bits per heavy atom. The van der Waals surface area contributed by atoms with Crippen LogP contribution in [0.2, 0.25) is 5.02 Å². The van der Waals surface area contributed by atoms with Gasteiger partial charge in [0.25, 0.3) is 0 Å². The summed E-state index contributed by atoms with van der Waals surface area (Å²) in [6.07, 6.45) is 11.5. The second kappa shape index (κ2) is 15.6. The first kappa shape index (κ1) is 29.7. The van der Waals surface area contributed by atoms with Gasteiger partial charge in [0.1, 0.15) is 0 Å². The van der Waals surface area contributed by atoms with Gasteiger partial charge in [-0.25, -0.2) is 0 Å². The summed E-state index contributed by atoms with van der Waals surface area (Å²) in [5.74, 6) is 2.82. The number of piperidine rings is 1. The number of halogens is 1. The molecule has 2 aliphatic heterocycles. The number of aliphatic imine (C=N–C) groups is 1. The Balaban J connectivity index is 1.38. The maximum atomic E-state index is 6.15. The average Bonchev–Trinajstić information content (AvgIpc) is 3.29. The Bertz CT molecular complexity index is 838. The van der Waals surface area contributed by atoms with Crippen molar-refractivity contribution in [1.29, 1.82) is 0 Å². The molecule has 2 aliphatic rings. The fraction of sp³-hybridized carbons (Fsp3) is 0.724. The fourth-order valence-corrected chi connectivity index (χ4v) is 7.40. The van der Waals surface area contributed by atoms with Crippen LogP contribution < -0.4 is 5.32 Å². The van der Waals surface area contributed by atoms with Gasteiger partial charge < -0.3 is 10.2 Å². The van der Waals surface area contributed by atoms with Gasteiger partial charge in [-0.1, -0.05) is 76.4 Å². The molecule has 7 heteroatoms. The smallest absolute Gasteiger partial charge is 0.179 e. The summed E-state index contributed by atoms with van der Waals surface area (Å²) in [4.78, 5) is 9.97. The Hall–Kier alpha value is -0.820. The molecule has 0 amide bonds. The van der Waals surface area contributed by atoms with E-state index in [1.807, 2.05) is 36.0 Å². The largest absolute Gasteiger partial charge is 0.332 e. The number of rotatable bonds is 12. The summed E-state index contributed by atoms with van der Waals surface area (Å²) >= 11 is 13.8. The normalized spacial score (nSPS) is 21.4. The molecule has 2 unspecified atom stereocenters. The molecule has 0 spiro atoms. The van der Waals surface area contributed by atoms with Gasteiger partial charge in [0.2, 0.25) is 0 Å². The SMILES string of the molecule is CCC(CCCCCCN=C1SCC(CC)N1C(=S)Nc1cccc(Cl)c1)N1CCC(C(C)C)CC1. The number of thioether (sulfide) groups is 1. The number of nitrogens with one attached hydrogen (secondary N) is 1. The molecule has 0 saturated carbocycles. The van der Waals surface area contributed by atoms with Crippen LogP contribution in [0.5, 0.6) is 0 Å². The zero-order chi connectivity index (χ0) is 25.9. The molecular weight excluding hydrogens is 504 g/mol. The molecule has 2 atom stereocenters. The summed E-state index contributed by atoms with van der Waals surface area (Å²) in [6, 6.07) is 8.89. The van der Waals surface area contributed by atoms with Crippen LogP contribution in [-0.2, 0) is 0 Å². The van der Waals surface area contributed by atoms with Crippen molar-refractivity contribution in [2.75, 3.05) is 30.7 Å². The number of hydrogen-bond donors (Lipinski definition) is 1. The van der Waals surface area contributed by atoms with E-state index in [4.69, 9.17) is 28.8 Å². The minimum atomic E-state index is 0.393. The monoisotopic (exact) mass is 550 g/mol. The number of anilines is 1. The topological polar surface area (TPSA) is 30.9 Å². The van der Waals surface area contributed by atoms with E-state index in [0.29, 0.717) is 11.1 Å². The zero-order valence-electron chi connectivity index (χ0n) is 22.8. The predicted molar refractivity (Wildman–Crippen MR) is 165 cm³/mol. The highest BCUT2D eigenvalue weighted by Crippen LogP contribution is 2.29. The summed E-state index contributed by atoms with van der Waals surface area (Å²) in [5.41, 5.74) is 0.924. The number of amidine groups is 1. The maximum Gasteiger partial charge on any atom is 0.179 e. The van der Waals surface area contributed by atoms with Crippen LogP contribution in [0.3, 0.4) is 0 Å². The van der Waals surface area contributed by atoms with E-state index in [9.17, 15) is 0 Å². The van der Waals surface area contributed by atoms with E-state index in [1.165, 1.54) is 58.0 Å². The van der Waals surface area contributed by atoms with E-state index in [2.05, 4.69) is 42.8 Å². The molecule has 0 aromatic heterocycles. The number of thiocarbonyl (C=S) groups is 1. The molecule has 202 valence electrons. The molecule has 3 rings (SSSR count). The van der Waals surface area contributed by atoms with Crippen LogP contribution in [0, 0.1) is 11.8 Å². The zero-order valence-corrected chi connectivity index (χ0v) is 25.2. The second-order valence-electron chi connectivity index (χ2n) is 10.7. The second-order valence-corrected chi connectivity index (χ2v) is 12.5. The number of nitrogens with zero attached hydrogens (tertiary/aromatic N) is 3. The fourth-order valence-electron chi connectivity index (χ4n) is 5.51. The van der Waals surface area contributed by atoms with Crippen molar-refractivity contribution in [3.8, 4) is 0 Å². The Labute approximate surface area is 235 Å². The predicted octanol–water partition coefficient (Wildman–Crippen LogP) is 8.32. The van der Waals surface area contributed by atoms with Gasteiger partial charge in [-0.2, -0.15) is 0 Å². The third-order valence-corrected chi connectivity index (χ3v) is 9.61. The maximum absolute atomic E-state index is 6.15. The summed E-state index contributed by atoms with van der Waals surface area (Å²) in [7, 11) is 0. The number of benzene rings is 1. The molecule has 0 bridgehead atoms. The van der Waals surface area contributed by atoms with Crippen molar-refractivity contribution in [2.24, 2.45) is 16.8 Å². The van der Waals surface area contributed by atoms with E-state index >= 15 is 0 Å². The lowest BCUT2D eigenvalue weighted by Crippen LogP contribution is -2.42. The average molecular weight is 551 g/mol. The van der Waals surface area contributed by atoms with Crippen molar-refractivity contribution in [3.63, 3.8) is 0 Å². The Morgan fingerprint density at radius 2 is 1.92 bits per heavy atom. The van der Waals surface area contributed by atoms with Crippen LogP contribution >= 0.6 is 35.6 Å². The van der Waals surface area contributed by atoms with Crippen LogP contribution in [0.15, 0.2) is 29.3 Å². The van der Waals surface area contributed by atoms with Gasteiger partial charge >= 0.3 is 0 Å². The van der Waals surface area contributed by atoms with Gasteiger partial charge in [0.05, 0.1) is 0 Å². The first-order valence-corrected chi connectivity index (χ1v) is 16.0. The summed E-state index contributed by atoms with van der Waals surface area (Å²) < 4.78 is 0. The van der Waals surface area contributed by atoms with Crippen LogP contribution in [0.4, 0.5) is 5.69 Å². The van der Waals surface area contributed by atoms with Gasteiger partial charge in [-0.15, -0.1) is 0 Å². The highest BCUT2D eigenvalue weighted by molar-refractivity contribution is 8.14. The van der Waals surface area contributed by atoms with Crippen LogP contribution in [-0.4, -0.2) is 57.6 Å². The van der Waals surface area contributed by atoms with Crippen molar-refractivity contribution in [2.45, 2.75) is 97.6 Å². The lowest BCUT2D eigenvalue weighted by molar-refractivity contribution is 0.105. The molecule has 1 aromatic carbocycles. The minimum absolute atomic E-state index is 0.393. The molecule has 1 N–H and O–H groups in total. The number of unbranched alkanes of at least 4 members (excludes halogenated alkanes) is 3. The number of likely N-dealkylation sites (tertiary alicyclic amines) is 1. The molecule has 2 fully saturated rings. The summed E-state index contributed by atoms with van der Waals surface area (Å²) in [6.45, 7) is 12.9. The molecule has 36 heavy (non-hydrogen) atoms. The minimum Gasteiger partial charge on any atom is -0.332 e. The molecule has 4 nitrogen and oxygen atoms in total. The van der Waals surface area contributed by atoms with E-state index < -0.39 is 0 Å². The Morgan fingerprint density at radius 3 is 2.58 bits per heavy atom. The van der Waals surface area contributed by atoms with E-state index in [-0.39, 0.29) is 0 Å². The third kappa shape index (κ3) is 8.89. The van der Waals surface area contributed by atoms with Crippen molar-refractivity contribution in [3.05, 3.63) is 29.3 Å². The highest BCUT2D eigenvalue weighted by atomic mass is 35.5. The van der Waals surface area contributed by atoms with E-state index in [0.717, 1.165) is 59.0 Å².